The van der Waals surface area contributed by atoms with Crippen LogP contribution in [0, 0.1) is 15.9 Å². The quantitative estimate of drug-likeness (QED) is 0.528. The number of nitro benzene ring substituents is 1. The molecular weight excluding hydrogens is 282 g/mol. The van der Waals surface area contributed by atoms with Crippen LogP contribution in [0.3, 0.4) is 0 Å². The molecular formula is C9H6F6N2O2. The van der Waals surface area contributed by atoms with Crippen molar-refractivity contribution < 1.29 is 31.3 Å². The molecule has 0 fully saturated rings. The maximum absolute atomic E-state index is 12.9. The van der Waals surface area contributed by atoms with E-state index in [1.54, 1.807) is 0 Å². The fourth-order valence-electron chi connectivity index (χ4n) is 1.25. The summed E-state index contributed by atoms with van der Waals surface area (Å²) >= 11 is 0. The number of hydrogen-bond donors (Lipinski definition) is 1. The normalized spacial score (nSPS) is 14.3. The lowest BCUT2D eigenvalue weighted by Crippen LogP contribution is -2.45. The lowest BCUT2D eigenvalue weighted by Gasteiger charge is -2.25. The predicted octanol–water partition coefficient (Wildman–Crippen LogP) is 2.93. The van der Waals surface area contributed by atoms with Crippen molar-refractivity contribution in [1.82, 2.24) is 0 Å². The van der Waals surface area contributed by atoms with Gasteiger partial charge in [0.15, 0.2) is 0 Å². The highest BCUT2D eigenvalue weighted by atomic mass is 19.4. The monoisotopic (exact) mass is 288 g/mol. The van der Waals surface area contributed by atoms with Crippen molar-refractivity contribution in [2.45, 2.75) is 18.1 Å². The first kappa shape index (κ1) is 15.2. The first-order valence-corrected chi connectivity index (χ1v) is 4.62. The van der Waals surface area contributed by atoms with Crippen LogP contribution in [-0.2, 0) is 0 Å². The predicted molar refractivity (Wildman–Crippen MR) is 51.0 cm³/mol. The fourth-order valence-corrected chi connectivity index (χ4v) is 1.25. The highest BCUT2D eigenvalue weighted by Gasteiger charge is 2.61. The number of benzene rings is 1. The lowest BCUT2D eigenvalue weighted by molar-refractivity contribution is -0.387. The van der Waals surface area contributed by atoms with Gasteiger partial charge in [0.05, 0.1) is 4.92 Å². The van der Waals surface area contributed by atoms with Crippen molar-refractivity contribution in [2.24, 2.45) is 5.73 Å². The average Bonchev–Trinajstić information content (AvgIpc) is 2.26. The summed E-state index contributed by atoms with van der Waals surface area (Å²) in [5.41, 5.74) is 2.64. The minimum absolute atomic E-state index is 0.250. The van der Waals surface area contributed by atoms with Gasteiger partial charge in [-0.05, 0) is 11.6 Å². The van der Waals surface area contributed by atoms with E-state index < -0.39 is 40.1 Å². The van der Waals surface area contributed by atoms with E-state index in [1.807, 2.05) is 0 Å². The minimum Gasteiger partial charge on any atom is -0.319 e. The first-order valence-electron chi connectivity index (χ1n) is 4.62. The average molecular weight is 288 g/mol. The molecule has 0 amide bonds. The molecule has 1 rings (SSSR count). The molecule has 4 nitrogen and oxygen atoms in total. The third-order valence-corrected chi connectivity index (χ3v) is 2.29. The molecule has 1 aromatic rings. The Balaban J connectivity index is 3.25. The van der Waals surface area contributed by atoms with Gasteiger partial charge in [0.1, 0.15) is 6.04 Å². The molecule has 0 unspecified atom stereocenters. The Morgan fingerprint density at radius 3 is 2.16 bits per heavy atom. The molecule has 2 N–H and O–H groups in total. The van der Waals surface area contributed by atoms with Crippen LogP contribution in [-0.4, -0.2) is 17.0 Å². The van der Waals surface area contributed by atoms with Gasteiger partial charge in [-0.15, -0.1) is 0 Å². The summed E-state index contributed by atoms with van der Waals surface area (Å²) in [5, 5.41) is 10.4. The zero-order valence-electron chi connectivity index (χ0n) is 8.92. The van der Waals surface area contributed by atoms with Gasteiger partial charge in [-0.25, -0.2) is 0 Å². The molecule has 19 heavy (non-hydrogen) atoms. The number of rotatable bonds is 3. The Morgan fingerprint density at radius 1 is 1.21 bits per heavy atom. The number of nitro groups is 1. The van der Waals surface area contributed by atoms with Crippen LogP contribution < -0.4 is 5.73 Å². The van der Waals surface area contributed by atoms with Crippen LogP contribution in [0.5, 0.6) is 0 Å². The number of nitrogens with zero attached hydrogens (tertiary/aromatic N) is 1. The maximum atomic E-state index is 12.9. The molecule has 0 aromatic heterocycles. The molecule has 0 aliphatic rings. The summed E-state index contributed by atoms with van der Waals surface area (Å²) in [7, 11) is 0. The second-order valence-corrected chi connectivity index (χ2v) is 3.57. The SMILES string of the molecule is N[C@H](c1ccc(F)c([N+](=O)[O-])c1)C(F)(F)C(F)(F)F. The van der Waals surface area contributed by atoms with E-state index >= 15 is 0 Å². The van der Waals surface area contributed by atoms with Gasteiger partial charge < -0.3 is 5.73 Å². The van der Waals surface area contributed by atoms with Gasteiger partial charge in [0.2, 0.25) is 5.82 Å². The van der Waals surface area contributed by atoms with Crippen molar-refractivity contribution in [2.75, 3.05) is 0 Å². The van der Waals surface area contributed by atoms with E-state index in [2.05, 4.69) is 0 Å². The van der Waals surface area contributed by atoms with Gasteiger partial charge in [-0.1, -0.05) is 6.07 Å². The third-order valence-electron chi connectivity index (χ3n) is 2.29. The van der Waals surface area contributed by atoms with E-state index in [9.17, 15) is 36.5 Å². The summed E-state index contributed by atoms with van der Waals surface area (Å²) in [6.45, 7) is 0. The second-order valence-electron chi connectivity index (χ2n) is 3.57. The van der Waals surface area contributed by atoms with Gasteiger partial charge in [-0.2, -0.15) is 26.3 Å². The van der Waals surface area contributed by atoms with Crippen LogP contribution in [0.15, 0.2) is 18.2 Å². The highest BCUT2D eigenvalue weighted by molar-refractivity contribution is 5.38. The van der Waals surface area contributed by atoms with Crippen LogP contribution in [0.25, 0.3) is 0 Å². The van der Waals surface area contributed by atoms with Crippen molar-refractivity contribution in [1.29, 1.82) is 0 Å². The zero-order valence-corrected chi connectivity index (χ0v) is 8.92. The zero-order chi connectivity index (χ0) is 15.0. The number of nitrogens with two attached hydrogens (primary N) is 1. The molecule has 106 valence electrons. The second kappa shape index (κ2) is 4.68. The number of hydrogen-bond acceptors (Lipinski definition) is 3. The molecule has 0 heterocycles. The molecule has 0 bridgehead atoms. The van der Waals surface area contributed by atoms with Crippen molar-refractivity contribution in [3.05, 3.63) is 39.7 Å². The largest absolute Gasteiger partial charge is 0.455 e. The summed E-state index contributed by atoms with van der Waals surface area (Å²) < 4.78 is 75.0. The van der Waals surface area contributed by atoms with E-state index in [-0.39, 0.29) is 6.07 Å². The molecule has 10 heteroatoms. The van der Waals surface area contributed by atoms with Crippen molar-refractivity contribution in [3.8, 4) is 0 Å². The summed E-state index contributed by atoms with van der Waals surface area (Å²) in [6, 6.07) is -1.68. The first-order chi connectivity index (χ1) is 8.48. The fraction of sp³-hybridized carbons (Fsp3) is 0.333. The number of alkyl halides is 5. The van der Waals surface area contributed by atoms with Gasteiger partial charge in [-0.3, -0.25) is 10.1 Å². The standard InChI is InChI=1S/C9H6F6N2O2/c10-5-2-1-4(3-6(5)17(18)19)7(16)8(11,12)9(13,14)15/h1-3,7H,16H2/t7-/m1/s1. The molecule has 1 atom stereocenters. The van der Waals surface area contributed by atoms with E-state index in [0.29, 0.717) is 12.1 Å². The molecule has 0 saturated carbocycles. The lowest BCUT2D eigenvalue weighted by atomic mass is 10.0. The smallest absolute Gasteiger partial charge is 0.319 e. The van der Waals surface area contributed by atoms with E-state index in [1.165, 1.54) is 0 Å². The topological polar surface area (TPSA) is 69.2 Å². The number of halogens is 6. The third kappa shape index (κ3) is 2.78. The Kier molecular flexibility index (Phi) is 3.75. The summed E-state index contributed by atoms with van der Waals surface area (Å²) in [4.78, 5) is 9.11. The van der Waals surface area contributed by atoms with E-state index in [4.69, 9.17) is 5.73 Å². The molecule has 0 spiro atoms. The molecule has 0 aliphatic heterocycles. The van der Waals surface area contributed by atoms with Crippen molar-refractivity contribution >= 4 is 5.69 Å². The highest BCUT2D eigenvalue weighted by Crippen LogP contribution is 2.43. The summed E-state index contributed by atoms with van der Waals surface area (Å²) in [5.74, 6) is -6.66. The Morgan fingerprint density at radius 2 is 1.74 bits per heavy atom. The maximum Gasteiger partial charge on any atom is 0.455 e. The van der Waals surface area contributed by atoms with Gasteiger partial charge in [0.25, 0.3) is 0 Å². The van der Waals surface area contributed by atoms with Crippen LogP contribution in [0.1, 0.15) is 11.6 Å². The van der Waals surface area contributed by atoms with Crippen LogP contribution >= 0.6 is 0 Å². The Bertz CT molecular complexity index is 502. The van der Waals surface area contributed by atoms with E-state index in [0.717, 1.165) is 0 Å². The van der Waals surface area contributed by atoms with Crippen LogP contribution in [0.2, 0.25) is 0 Å². The Labute approximate surface area is 102 Å². The molecule has 0 radical (unpaired) electrons. The molecule has 1 aromatic carbocycles. The molecule has 0 saturated heterocycles. The van der Waals surface area contributed by atoms with Crippen LogP contribution in [0.4, 0.5) is 32.0 Å². The van der Waals surface area contributed by atoms with Crippen molar-refractivity contribution in [3.63, 3.8) is 0 Å². The van der Waals surface area contributed by atoms with Gasteiger partial charge >= 0.3 is 17.8 Å². The van der Waals surface area contributed by atoms with Gasteiger partial charge in [0, 0.05) is 6.07 Å². The molecule has 0 aliphatic carbocycles. The Hall–Kier alpha value is -1.84. The summed E-state index contributed by atoms with van der Waals surface area (Å²) in [6.07, 6.45) is -5.92. The minimum atomic E-state index is -5.92.